The van der Waals surface area contributed by atoms with Gasteiger partial charge in [-0.05, 0) is 192 Å². The number of carbonyl (C=O) groups is 2. The number of piperazine rings is 3. The molecule has 92 heavy (non-hydrogen) atoms. The molecule has 5 aromatic rings. The fourth-order valence-electron chi connectivity index (χ4n) is 12.2. The number of aromatic nitrogens is 6. The van der Waals surface area contributed by atoms with Gasteiger partial charge in [0.15, 0.2) is 4.73 Å². The van der Waals surface area contributed by atoms with Gasteiger partial charge in [-0.3, -0.25) is 9.59 Å². The Labute approximate surface area is 581 Å². The number of ether oxygens (including phenoxy) is 2. The van der Waals surface area contributed by atoms with Gasteiger partial charge in [0.2, 0.25) is 23.7 Å². The molecule has 7 fully saturated rings. The number of hydrogen-bond acceptors (Lipinski definition) is 15. The smallest absolute Gasteiger partial charge is 0.490 e. The summed E-state index contributed by atoms with van der Waals surface area (Å²) in [4.78, 5) is 47.3. The number of aryl methyl sites for hydroxylation is 3. The molecule has 14 rings (SSSR count). The van der Waals surface area contributed by atoms with Crippen LogP contribution in [0, 0.1) is 5.92 Å². The number of benzene rings is 2. The summed E-state index contributed by atoms with van der Waals surface area (Å²) in [5.74, 6) is 4.46. The third-order valence-electron chi connectivity index (χ3n) is 18.7. The van der Waals surface area contributed by atoms with Crippen molar-refractivity contribution in [2.45, 2.75) is 173 Å². The van der Waals surface area contributed by atoms with E-state index in [1.807, 2.05) is 40.9 Å². The Morgan fingerprint density at radius 1 is 0.609 bits per heavy atom. The molecule has 3 saturated carbocycles. The lowest BCUT2D eigenvalue weighted by Gasteiger charge is -2.38. The average Bonchev–Trinajstić information content (AvgIpc) is 1.32. The predicted molar refractivity (Wildman–Crippen MR) is 383 cm³/mol. The van der Waals surface area contributed by atoms with E-state index in [4.69, 9.17) is 47.0 Å². The molecule has 4 N–H and O–H groups in total. The Bertz CT molecular complexity index is 3200. The highest BCUT2D eigenvalue weighted by atomic mass is 79.9. The van der Waals surface area contributed by atoms with E-state index in [-0.39, 0.29) is 46.9 Å². The number of anilines is 4. The van der Waals surface area contributed by atoms with Crippen LogP contribution >= 0.6 is 71.0 Å². The van der Waals surface area contributed by atoms with E-state index in [0.29, 0.717) is 0 Å². The standard InChI is InChI=1S/C24H34BNO4.C24H33N5O2.C8H13BrN4.C4H4Br2N2.C4H10N2.C2H4Cl2/c1-15-9-12-18-20(26(15)22(27)16-10-11-16)14-13-19(21(18)28-17-7-6-8-17)25-29-23(2,3)24(4,5)30-25;1-16-7-8-20-22(29(16)17(2)30)10-9-19(23(20)31-18-5-4-6-18)21-15-27(3)24(26-21)28-13-11-25-12-14-28;1-12-6-7(9)11-8(12)13-4-2-10-3-5-13;1-8-2-3(5)7-4(8)6;1-2-6-4-3-5-1;1-2(3)4/h13-17H,6-12H2,1-5H3;9-10,15-16,18,25H,4-8,11-14H2,1-3H3;6,10H,2-5H2,1H3;2H,1H3;5-6H,1-4H2;2H,1H3/t15-;16-;;;;/m00..../s1. The largest absolute Gasteiger partial charge is 0.498 e. The summed E-state index contributed by atoms with van der Waals surface area (Å²) in [5.41, 5.74) is 6.50. The fraction of sp³-hybridized carbons (Fsp3) is 0.652. The number of halogens is 5. The molecule has 20 nitrogen and oxygen atoms in total. The van der Waals surface area contributed by atoms with Gasteiger partial charge in [-0.15, -0.1) is 23.2 Å². The van der Waals surface area contributed by atoms with E-state index in [1.165, 1.54) is 12.8 Å². The summed E-state index contributed by atoms with van der Waals surface area (Å²) >= 11 is 19.9. The van der Waals surface area contributed by atoms with Crippen LogP contribution in [0.2, 0.25) is 0 Å². The number of hydrogen-bond donors (Lipinski definition) is 4. The first-order chi connectivity index (χ1) is 43.9. The second kappa shape index (κ2) is 32.9. The minimum atomic E-state index is -0.456. The zero-order valence-corrected chi connectivity index (χ0v) is 62.1. The van der Waals surface area contributed by atoms with Crippen molar-refractivity contribution >= 4 is 119 Å². The number of carbonyl (C=O) groups excluding carboxylic acids is 2. The third-order valence-corrected chi connectivity index (χ3v) is 20.2. The number of fused-ring (bicyclic) bond motifs is 2. The van der Waals surface area contributed by atoms with E-state index in [0.717, 1.165) is 219 Å². The summed E-state index contributed by atoms with van der Waals surface area (Å²) in [7, 11) is 5.55. The number of nitrogens with one attached hydrogen (secondary N) is 4. The second-order valence-corrected chi connectivity index (χ2v) is 30.3. The highest BCUT2D eigenvalue weighted by Crippen LogP contribution is 2.46. The molecule has 2 amide bonds. The summed E-state index contributed by atoms with van der Waals surface area (Å²) in [5, 5.41) is 13.2. The van der Waals surface area contributed by atoms with Crippen LogP contribution in [0.5, 0.6) is 11.5 Å². The Balaban J connectivity index is 0.000000150. The third kappa shape index (κ3) is 18.4. The number of rotatable bonds is 9. The van der Waals surface area contributed by atoms with Crippen LogP contribution in [0.4, 0.5) is 23.3 Å². The van der Waals surface area contributed by atoms with Crippen molar-refractivity contribution in [1.82, 2.24) is 49.9 Å². The van der Waals surface area contributed by atoms with E-state index in [2.05, 4.69) is 177 Å². The fourth-order valence-corrected chi connectivity index (χ4v) is 13.7. The summed E-state index contributed by atoms with van der Waals surface area (Å²) < 4.78 is 34.6. The van der Waals surface area contributed by atoms with Gasteiger partial charge in [0.05, 0.1) is 40.5 Å². The zero-order chi connectivity index (χ0) is 66.0. The molecule has 506 valence electrons. The van der Waals surface area contributed by atoms with Crippen LogP contribution in [0.3, 0.4) is 0 Å². The van der Waals surface area contributed by atoms with Crippen LogP contribution in [0.25, 0.3) is 11.3 Å². The predicted octanol–water partition coefficient (Wildman–Crippen LogP) is 10.6. The quantitative estimate of drug-likeness (QED) is 0.0806. The van der Waals surface area contributed by atoms with E-state index in [9.17, 15) is 9.59 Å². The van der Waals surface area contributed by atoms with Gasteiger partial charge < -0.3 is 73.4 Å². The van der Waals surface area contributed by atoms with Crippen LogP contribution in [-0.2, 0) is 52.9 Å². The van der Waals surface area contributed by atoms with Crippen LogP contribution in [0.1, 0.15) is 131 Å². The van der Waals surface area contributed by atoms with Crippen molar-refractivity contribution in [2.24, 2.45) is 27.1 Å². The lowest BCUT2D eigenvalue weighted by atomic mass is 9.75. The molecule has 2 aromatic carbocycles. The Hall–Kier alpha value is -3.95. The highest BCUT2D eigenvalue weighted by Gasteiger charge is 2.53. The minimum absolute atomic E-state index is 0.0922. The zero-order valence-electron chi connectivity index (χ0n) is 55.9. The van der Waals surface area contributed by atoms with Gasteiger partial charge in [0.1, 0.15) is 25.5 Å². The second-order valence-electron chi connectivity index (χ2n) is 26.4. The monoisotopic (exact) mass is 1500 g/mol. The highest BCUT2D eigenvalue weighted by molar-refractivity contribution is 9.11. The molecule has 6 aliphatic heterocycles. The van der Waals surface area contributed by atoms with Crippen molar-refractivity contribution in [3.8, 4) is 22.8 Å². The molecule has 0 spiro atoms. The Morgan fingerprint density at radius 3 is 1.49 bits per heavy atom. The van der Waals surface area contributed by atoms with Crippen LogP contribution in [-0.4, -0.2) is 166 Å². The van der Waals surface area contributed by atoms with Gasteiger partial charge in [-0.1, -0.05) is 6.07 Å². The van der Waals surface area contributed by atoms with Crippen molar-refractivity contribution in [1.29, 1.82) is 0 Å². The van der Waals surface area contributed by atoms with Gasteiger partial charge >= 0.3 is 7.12 Å². The van der Waals surface area contributed by atoms with Crippen molar-refractivity contribution in [2.75, 3.05) is 98.1 Å². The van der Waals surface area contributed by atoms with Gasteiger partial charge in [-0.2, -0.15) is 0 Å². The molecule has 9 aliphatic rings. The maximum Gasteiger partial charge on any atom is 0.498 e. The minimum Gasteiger partial charge on any atom is -0.490 e. The molecule has 0 unspecified atom stereocenters. The van der Waals surface area contributed by atoms with Crippen molar-refractivity contribution in [3.63, 3.8) is 0 Å². The van der Waals surface area contributed by atoms with Crippen LogP contribution < -0.4 is 55.8 Å². The molecular weight excluding hydrogens is 1410 g/mol. The Morgan fingerprint density at radius 2 is 1.05 bits per heavy atom. The van der Waals surface area contributed by atoms with E-state index in [1.54, 1.807) is 13.8 Å². The molecule has 0 radical (unpaired) electrons. The first kappa shape index (κ1) is 72.3. The van der Waals surface area contributed by atoms with Gasteiger partial charge in [0, 0.05) is 165 Å². The molecule has 3 aliphatic carbocycles. The normalized spacial score (nSPS) is 21.6. The van der Waals surface area contributed by atoms with E-state index >= 15 is 0 Å². The first-order valence-electron chi connectivity index (χ1n) is 33.2. The molecule has 4 saturated heterocycles. The average molecular weight is 1510 g/mol. The maximum absolute atomic E-state index is 13.1. The summed E-state index contributed by atoms with van der Waals surface area (Å²) in [6.07, 6.45) is 19.1. The molecule has 2 atom stereocenters. The van der Waals surface area contributed by atoms with Crippen LogP contribution in [0.15, 0.2) is 56.8 Å². The summed E-state index contributed by atoms with van der Waals surface area (Å²) in [6, 6.07) is 8.80. The van der Waals surface area contributed by atoms with Gasteiger partial charge in [0.25, 0.3) is 0 Å². The number of alkyl halides is 2. The number of amides is 2. The lowest BCUT2D eigenvalue weighted by Crippen LogP contribution is -2.45. The lowest BCUT2D eigenvalue weighted by molar-refractivity contribution is -0.120. The number of imidazole rings is 3. The van der Waals surface area contributed by atoms with E-state index < -0.39 is 18.3 Å². The van der Waals surface area contributed by atoms with Crippen molar-refractivity contribution < 1.29 is 28.4 Å². The molecule has 9 heterocycles. The summed E-state index contributed by atoms with van der Waals surface area (Å²) in [6.45, 7) is 28.6. The molecule has 26 heteroatoms. The topological polar surface area (TPSA) is 186 Å². The molecular formula is C66H98BBr3Cl2N14O6. The molecule has 3 aromatic heterocycles. The molecule has 0 bridgehead atoms. The maximum atomic E-state index is 13.1. The SMILES string of the molecule is C1CNCCN1.CC(=O)N1c2ccc(-c3cn(C)c(N4CCNCC4)n3)c(OC3CCC3)c2CC[C@@H]1C.CC(Cl)Cl.C[C@H]1CCc2c(ccc(B3OC(C)(C)C(C)(C)O3)c2OC2CCC2)N1C(=O)C1CC1.Cn1cc(Br)nc1Br.Cn1cc(Br)nc1N1CCNCC1. The number of nitrogens with zero attached hydrogens (tertiary/aromatic N) is 10. The van der Waals surface area contributed by atoms with Crippen molar-refractivity contribution in [3.05, 3.63) is 67.9 Å². The Kier molecular flexibility index (Phi) is 25.8. The van der Waals surface area contributed by atoms with Gasteiger partial charge in [-0.25, -0.2) is 15.0 Å². The first-order valence-corrected chi connectivity index (χ1v) is 36.5.